The van der Waals surface area contributed by atoms with E-state index >= 15 is 0 Å². The number of aliphatic imine (C=N–C) groups is 1. The Morgan fingerprint density at radius 2 is 1.94 bits per heavy atom. The van der Waals surface area contributed by atoms with Gasteiger partial charge < -0.3 is 15.5 Å². The minimum atomic E-state index is 0.659. The Balaban J connectivity index is 0.000000771. The molecule has 2 heterocycles. The Bertz CT molecular complexity index is 267. The van der Waals surface area contributed by atoms with Crippen LogP contribution in [-0.4, -0.2) is 43.1 Å². The van der Waals surface area contributed by atoms with Crippen molar-refractivity contribution in [3.63, 3.8) is 0 Å². The fraction of sp³-hybridized carbons (Fsp3) is 0.786. The van der Waals surface area contributed by atoms with Crippen LogP contribution in [0, 0.1) is 0 Å². The Morgan fingerprint density at radius 1 is 1.22 bits per heavy atom. The van der Waals surface area contributed by atoms with E-state index in [1.807, 2.05) is 20.8 Å². The van der Waals surface area contributed by atoms with Crippen molar-refractivity contribution < 1.29 is 0 Å². The van der Waals surface area contributed by atoms with E-state index in [-0.39, 0.29) is 0 Å². The highest BCUT2D eigenvalue weighted by atomic mass is 15.2. The molecular formula is C14H28N4. The maximum absolute atomic E-state index is 4.56. The molecule has 0 aromatic rings. The van der Waals surface area contributed by atoms with Crippen molar-refractivity contribution in [1.29, 1.82) is 0 Å². The number of piperidine rings is 1. The van der Waals surface area contributed by atoms with Gasteiger partial charge in [0.2, 0.25) is 0 Å². The maximum atomic E-state index is 4.56. The molecule has 1 fully saturated rings. The van der Waals surface area contributed by atoms with Crippen molar-refractivity contribution in [2.24, 2.45) is 4.99 Å². The van der Waals surface area contributed by atoms with Crippen LogP contribution < -0.4 is 10.6 Å². The topological polar surface area (TPSA) is 39.7 Å². The standard InChI is InChI=1S/C12H22N4.C2H6/c1-11-14-6-2-3-9-16(10-15-11)12-4-7-13-8-5-12;1-2/h3,9,12-13H,2,4-8,10H2,1H3,(H,14,15);1-2H3/b9-3+;. The van der Waals surface area contributed by atoms with Gasteiger partial charge in [0, 0.05) is 12.6 Å². The molecule has 2 aliphatic rings. The van der Waals surface area contributed by atoms with Gasteiger partial charge in [-0.1, -0.05) is 19.9 Å². The summed E-state index contributed by atoms with van der Waals surface area (Å²) in [5.74, 6) is 1.06. The van der Waals surface area contributed by atoms with Crippen molar-refractivity contribution >= 4 is 5.84 Å². The highest BCUT2D eigenvalue weighted by molar-refractivity contribution is 5.79. The summed E-state index contributed by atoms with van der Waals surface area (Å²) in [5, 5.41) is 6.71. The molecule has 1 saturated heterocycles. The Hall–Kier alpha value is -1.03. The summed E-state index contributed by atoms with van der Waals surface area (Å²) >= 11 is 0. The maximum Gasteiger partial charge on any atom is 0.112 e. The number of hydrogen-bond donors (Lipinski definition) is 2. The zero-order valence-electron chi connectivity index (χ0n) is 12.1. The highest BCUT2D eigenvalue weighted by Crippen LogP contribution is 2.12. The Labute approximate surface area is 112 Å². The fourth-order valence-corrected chi connectivity index (χ4v) is 2.21. The van der Waals surface area contributed by atoms with E-state index in [1.165, 1.54) is 12.8 Å². The van der Waals surface area contributed by atoms with E-state index < -0.39 is 0 Å². The van der Waals surface area contributed by atoms with Crippen molar-refractivity contribution in [2.45, 2.75) is 46.1 Å². The van der Waals surface area contributed by atoms with Crippen LogP contribution in [-0.2, 0) is 0 Å². The molecule has 0 radical (unpaired) electrons. The van der Waals surface area contributed by atoms with E-state index in [9.17, 15) is 0 Å². The van der Waals surface area contributed by atoms with Crippen LogP contribution in [0.1, 0.15) is 40.0 Å². The van der Waals surface area contributed by atoms with Gasteiger partial charge in [-0.15, -0.1) is 0 Å². The third-order valence-electron chi connectivity index (χ3n) is 3.24. The molecule has 2 N–H and O–H groups in total. The van der Waals surface area contributed by atoms with Gasteiger partial charge in [0.05, 0.1) is 5.84 Å². The number of amidine groups is 1. The van der Waals surface area contributed by atoms with E-state index in [0.29, 0.717) is 6.04 Å². The van der Waals surface area contributed by atoms with Gasteiger partial charge in [0.15, 0.2) is 0 Å². The van der Waals surface area contributed by atoms with Gasteiger partial charge in [0.1, 0.15) is 6.67 Å². The first-order chi connectivity index (χ1) is 8.86. The predicted octanol–water partition coefficient (Wildman–Crippen LogP) is 1.95. The first-order valence-corrected chi connectivity index (χ1v) is 7.24. The van der Waals surface area contributed by atoms with E-state index in [0.717, 1.165) is 38.6 Å². The summed E-state index contributed by atoms with van der Waals surface area (Å²) in [6.07, 6.45) is 8.02. The van der Waals surface area contributed by atoms with Crippen LogP contribution in [0.3, 0.4) is 0 Å². The molecule has 18 heavy (non-hydrogen) atoms. The lowest BCUT2D eigenvalue weighted by Gasteiger charge is -2.32. The average molecular weight is 252 g/mol. The number of nitrogens with one attached hydrogen (secondary N) is 2. The number of hydrogen-bond acceptors (Lipinski definition) is 4. The van der Waals surface area contributed by atoms with Crippen molar-refractivity contribution in [1.82, 2.24) is 15.5 Å². The third-order valence-corrected chi connectivity index (χ3v) is 3.24. The van der Waals surface area contributed by atoms with Gasteiger partial charge in [-0.25, -0.2) is 0 Å². The van der Waals surface area contributed by atoms with E-state index in [2.05, 4.69) is 32.8 Å². The first-order valence-electron chi connectivity index (χ1n) is 7.24. The van der Waals surface area contributed by atoms with Gasteiger partial charge >= 0.3 is 0 Å². The minimum Gasteiger partial charge on any atom is -0.374 e. The van der Waals surface area contributed by atoms with Crippen LogP contribution in [0.15, 0.2) is 17.3 Å². The van der Waals surface area contributed by atoms with Gasteiger partial charge in [-0.05, 0) is 45.5 Å². The molecule has 0 aliphatic carbocycles. The quantitative estimate of drug-likeness (QED) is 0.749. The smallest absolute Gasteiger partial charge is 0.112 e. The zero-order chi connectivity index (χ0) is 13.2. The molecule has 0 amide bonds. The highest BCUT2D eigenvalue weighted by Gasteiger charge is 2.17. The molecule has 2 aliphatic heterocycles. The molecule has 4 nitrogen and oxygen atoms in total. The van der Waals surface area contributed by atoms with Crippen LogP contribution in [0.2, 0.25) is 0 Å². The minimum absolute atomic E-state index is 0.659. The molecule has 0 unspecified atom stereocenters. The molecule has 2 rings (SSSR count). The summed E-state index contributed by atoms with van der Waals surface area (Å²) in [6.45, 7) is 10.1. The van der Waals surface area contributed by atoms with Crippen LogP contribution in [0.4, 0.5) is 0 Å². The lowest BCUT2D eigenvalue weighted by molar-refractivity contribution is 0.231. The van der Waals surface area contributed by atoms with Gasteiger partial charge in [-0.2, -0.15) is 0 Å². The van der Waals surface area contributed by atoms with Crippen molar-refractivity contribution in [3.8, 4) is 0 Å². The van der Waals surface area contributed by atoms with Crippen LogP contribution >= 0.6 is 0 Å². The summed E-state index contributed by atoms with van der Waals surface area (Å²) in [6, 6.07) is 0.659. The largest absolute Gasteiger partial charge is 0.374 e. The summed E-state index contributed by atoms with van der Waals surface area (Å²) in [5.41, 5.74) is 0. The lowest BCUT2D eigenvalue weighted by atomic mass is 10.1. The van der Waals surface area contributed by atoms with Gasteiger partial charge in [-0.3, -0.25) is 4.99 Å². The molecule has 0 aromatic heterocycles. The second-order valence-corrected chi connectivity index (χ2v) is 4.48. The molecular weight excluding hydrogens is 224 g/mol. The number of nitrogens with zero attached hydrogens (tertiary/aromatic N) is 2. The van der Waals surface area contributed by atoms with Crippen molar-refractivity contribution in [2.75, 3.05) is 26.3 Å². The predicted molar refractivity (Wildman–Crippen MR) is 78.8 cm³/mol. The van der Waals surface area contributed by atoms with Gasteiger partial charge in [0.25, 0.3) is 0 Å². The molecule has 0 bridgehead atoms. The fourth-order valence-electron chi connectivity index (χ4n) is 2.21. The molecule has 4 heteroatoms. The second-order valence-electron chi connectivity index (χ2n) is 4.48. The Morgan fingerprint density at radius 3 is 2.67 bits per heavy atom. The molecule has 0 atom stereocenters. The summed E-state index contributed by atoms with van der Waals surface area (Å²) in [4.78, 5) is 6.95. The molecule has 0 saturated carbocycles. The van der Waals surface area contributed by atoms with Crippen LogP contribution in [0.25, 0.3) is 0 Å². The summed E-state index contributed by atoms with van der Waals surface area (Å²) < 4.78 is 0. The zero-order valence-corrected chi connectivity index (χ0v) is 12.1. The van der Waals surface area contributed by atoms with Crippen LogP contribution in [0.5, 0.6) is 0 Å². The normalized spacial score (nSPS) is 26.4. The molecule has 0 spiro atoms. The lowest BCUT2D eigenvalue weighted by Crippen LogP contribution is -2.40. The second kappa shape index (κ2) is 8.97. The molecule has 0 aromatic carbocycles. The average Bonchev–Trinajstić information content (AvgIpc) is 2.54. The SMILES string of the molecule is C/C1=N\CN(C2CCNCC2)/C=C/CCN1.CC. The monoisotopic (exact) mass is 252 g/mol. The summed E-state index contributed by atoms with van der Waals surface area (Å²) in [7, 11) is 0. The Kier molecular flexibility index (Phi) is 7.49. The molecule has 104 valence electrons. The first kappa shape index (κ1) is 15.0. The third kappa shape index (κ3) is 5.08. The van der Waals surface area contributed by atoms with E-state index in [4.69, 9.17) is 0 Å². The van der Waals surface area contributed by atoms with E-state index in [1.54, 1.807) is 0 Å². The van der Waals surface area contributed by atoms with Crippen molar-refractivity contribution in [3.05, 3.63) is 12.3 Å². The number of rotatable bonds is 1.